The molecule has 4 rings (SSSR count). The molecule has 178 valence electrons. The molecule has 1 fully saturated rings. The van der Waals surface area contributed by atoms with Gasteiger partial charge in [0.2, 0.25) is 0 Å². The van der Waals surface area contributed by atoms with Gasteiger partial charge in [0.05, 0.1) is 41.4 Å². The number of anilines is 3. The van der Waals surface area contributed by atoms with E-state index in [0.29, 0.717) is 36.2 Å². The van der Waals surface area contributed by atoms with Crippen LogP contribution in [0.5, 0.6) is 5.75 Å². The van der Waals surface area contributed by atoms with E-state index < -0.39 is 6.10 Å². The Balaban J connectivity index is 1.47. The number of nitrogens with one attached hydrogen (secondary N) is 2. The van der Waals surface area contributed by atoms with Crippen molar-refractivity contribution < 1.29 is 19.7 Å². The molecule has 3 atom stereocenters. The van der Waals surface area contributed by atoms with E-state index in [1.54, 1.807) is 23.1 Å². The molecule has 1 unspecified atom stereocenters. The van der Waals surface area contributed by atoms with E-state index in [1.165, 1.54) is 5.57 Å². The molecule has 0 saturated carbocycles. The molecule has 33 heavy (non-hydrogen) atoms. The molecule has 1 aromatic carbocycles. The number of ether oxygens (including phenoxy) is 1. The van der Waals surface area contributed by atoms with Gasteiger partial charge in [0.15, 0.2) is 17.4 Å². The Kier molecular flexibility index (Phi) is 7.04. The number of benzene rings is 1. The number of hydrogen-bond acceptors (Lipinski definition) is 9. The number of rotatable bonds is 8. The highest BCUT2D eigenvalue weighted by molar-refractivity contribution is 6.99. The van der Waals surface area contributed by atoms with E-state index in [0.717, 1.165) is 24.6 Å². The maximum Gasteiger partial charge on any atom is 0.257 e. The van der Waals surface area contributed by atoms with Gasteiger partial charge in [-0.05, 0) is 36.5 Å². The Morgan fingerprint density at radius 3 is 2.79 bits per heavy atom. The fourth-order valence-corrected chi connectivity index (χ4v) is 4.63. The third-order valence-corrected chi connectivity index (χ3v) is 6.77. The largest absolute Gasteiger partial charge is 0.505 e. The van der Waals surface area contributed by atoms with Gasteiger partial charge in [0.25, 0.3) is 5.91 Å². The highest BCUT2D eigenvalue weighted by Crippen LogP contribution is 2.34. The van der Waals surface area contributed by atoms with Crippen LogP contribution >= 0.6 is 11.7 Å². The van der Waals surface area contributed by atoms with Gasteiger partial charge in [0.1, 0.15) is 6.10 Å². The molecule has 0 radical (unpaired) electrons. The molecule has 0 aliphatic carbocycles. The fourth-order valence-electron chi connectivity index (χ4n) is 4.15. The lowest BCUT2D eigenvalue weighted by molar-refractivity contribution is 0.0762. The zero-order valence-corrected chi connectivity index (χ0v) is 19.9. The maximum atomic E-state index is 12.8. The van der Waals surface area contributed by atoms with Crippen molar-refractivity contribution in [1.29, 1.82) is 0 Å². The topological polar surface area (TPSA) is 120 Å². The molecule has 2 aliphatic rings. The summed E-state index contributed by atoms with van der Waals surface area (Å²) >= 11 is 1.06. The Bertz CT molecular complexity index is 1020. The number of aromatic nitrogens is 2. The standard InChI is InChI=1S/C23H31N5O4S/c1-4-17(19-10-14(12-32-19)13(2)3)24-21-22(27-33-26-21)25-18-7-5-6-16(20(18)30)23(31)28-9-8-15(29)11-28/h5-7,12-13,15,17,19,29-30H,4,8-11H2,1-3H3,(H,24,26)(H,25,27)/t15-,17-,19?/m1/s1. The molecule has 4 N–H and O–H groups in total. The van der Waals surface area contributed by atoms with Crippen molar-refractivity contribution in [3.05, 3.63) is 35.6 Å². The van der Waals surface area contributed by atoms with Crippen LogP contribution in [0.3, 0.4) is 0 Å². The normalized spacial score (nSPS) is 21.1. The summed E-state index contributed by atoms with van der Waals surface area (Å²) in [5.41, 5.74) is 1.85. The minimum atomic E-state index is -0.519. The first-order valence-corrected chi connectivity index (χ1v) is 12.1. The van der Waals surface area contributed by atoms with Crippen molar-refractivity contribution in [3.63, 3.8) is 0 Å². The molecule has 0 bridgehead atoms. The number of amides is 1. The number of aliphatic hydroxyl groups is 1. The van der Waals surface area contributed by atoms with Gasteiger partial charge >= 0.3 is 0 Å². The van der Waals surface area contributed by atoms with Gasteiger partial charge in [-0.2, -0.15) is 8.75 Å². The Morgan fingerprint density at radius 1 is 1.33 bits per heavy atom. The third-order valence-electron chi connectivity index (χ3n) is 6.24. The minimum absolute atomic E-state index is 0.0205. The van der Waals surface area contributed by atoms with Gasteiger partial charge in [-0.1, -0.05) is 26.8 Å². The summed E-state index contributed by atoms with van der Waals surface area (Å²) in [6.07, 6.45) is 3.64. The van der Waals surface area contributed by atoms with Crippen molar-refractivity contribution in [2.75, 3.05) is 23.7 Å². The molecule has 3 heterocycles. The molecular weight excluding hydrogens is 442 g/mol. The second kappa shape index (κ2) is 9.96. The van der Waals surface area contributed by atoms with E-state index in [9.17, 15) is 15.0 Å². The maximum absolute atomic E-state index is 12.8. The minimum Gasteiger partial charge on any atom is -0.505 e. The summed E-state index contributed by atoms with van der Waals surface area (Å²) < 4.78 is 14.6. The monoisotopic (exact) mass is 473 g/mol. The lowest BCUT2D eigenvalue weighted by Gasteiger charge is -2.24. The number of hydrogen-bond donors (Lipinski definition) is 4. The number of phenols is 1. The first-order valence-electron chi connectivity index (χ1n) is 11.4. The van der Waals surface area contributed by atoms with Crippen LogP contribution in [0.2, 0.25) is 0 Å². The summed E-state index contributed by atoms with van der Waals surface area (Å²) in [5.74, 6) is 1.05. The number of carbonyl (C=O) groups excluding carboxylic acids is 1. The first-order chi connectivity index (χ1) is 15.9. The van der Waals surface area contributed by atoms with E-state index >= 15 is 0 Å². The summed E-state index contributed by atoms with van der Waals surface area (Å²) in [7, 11) is 0. The zero-order chi connectivity index (χ0) is 23.5. The van der Waals surface area contributed by atoms with Gasteiger partial charge in [-0.15, -0.1) is 0 Å². The molecule has 1 aromatic heterocycles. The molecule has 2 aliphatic heterocycles. The van der Waals surface area contributed by atoms with Crippen molar-refractivity contribution in [3.8, 4) is 5.75 Å². The van der Waals surface area contributed by atoms with E-state index in [1.807, 2.05) is 6.26 Å². The Morgan fingerprint density at radius 2 is 2.12 bits per heavy atom. The lowest BCUT2D eigenvalue weighted by Crippen LogP contribution is -2.33. The van der Waals surface area contributed by atoms with Crippen LogP contribution < -0.4 is 10.6 Å². The van der Waals surface area contributed by atoms with Crippen LogP contribution in [-0.2, 0) is 4.74 Å². The summed E-state index contributed by atoms with van der Waals surface area (Å²) in [6.45, 7) is 7.16. The summed E-state index contributed by atoms with van der Waals surface area (Å²) in [6, 6.07) is 5.01. The van der Waals surface area contributed by atoms with E-state index in [2.05, 4.69) is 40.2 Å². The second-order valence-electron chi connectivity index (χ2n) is 8.87. The second-order valence-corrected chi connectivity index (χ2v) is 9.40. The number of phenolic OH excluding ortho intramolecular Hbond substituents is 1. The third kappa shape index (κ3) is 5.06. The SMILES string of the molecule is CC[C@@H](Nc1nsnc1Nc1cccc(C(=O)N2CC[C@@H](O)C2)c1O)C1CC(C(C)C)=CO1. The highest BCUT2D eigenvalue weighted by Gasteiger charge is 2.30. The summed E-state index contributed by atoms with van der Waals surface area (Å²) in [5, 5.41) is 27.1. The molecule has 2 aromatic rings. The molecule has 10 heteroatoms. The highest BCUT2D eigenvalue weighted by atomic mass is 32.1. The molecule has 9 nitrogen and oxygen atoms in total. The Hall–Kier alpha value is -2.85. The van der Waals surface area contributed by atoms with Crippen molar-refractivity contribution in [1.82, 2.24) is 13.6 Å². The average molecular weight is 474 g/mol. The van der Waals surface area contributed by atoms with Gasteiger partial charge < -0.3 is 30.5 Å². The van der Waals surface area contributed by atoms with Gasteiger partial charge in [0, 0.05) is 19.5 Å². The van der Waals surface area contributed by atoms with Crippen molar-refractivity contribution in [2.45, 2.75) is 58.3 Å². The molecule has 0 spiro atoms. The number of β-amino-alcohol motifs (C(OH)–C–C–N with tert-alkyl or cyclic N) is 1. The number of nitrogens with zero attached hydrogens (tertiary/aromatic N) is 3. The van der Waals surface area contributed by atoms with Crippen molar-refractivity contribution >= 4 is 35.0 Å². The average Bonchev–Trinajstić information content (AvgIpc) is 3.54. The van der Waals surface area contributed by atoms with E-state index in [-0.39, 0.29) is 35.9 Å². The predicted octanol–water partition coefficient (Wildman–Crippen LogP) is 3.71. The van der Waals surface area contributed by atoms with Crippen LogP contribution in [0.15, 0.2) is 30.0 Å². The number of carbonyl (C=O) groups is 1. The van der Waals surface area contributed by atoms with Crippen LogP contribution in [0.1, 0.15) is 50.4 Å². The van der Waals surface area contributed by atoms with E-state index in [4.69, 9.17) is 4.74 Å². The number of aliphatic hydroxyl groups excluding tert-OH is 1. The van der Waals surface area contributed by atoms with Crippen LogP contribution in [0.25, 0.3) is 0 Å². The smallest absolute Gasteiger partial charge is 0.257 e. The van der Waals surface area contributed by atoms with Gasteiger partial charge in [-0.3, -0.25) is 4.79 Å². The number of aromatic hydroxyl groups is 1. The van der Waals surface area contributed by atoms with Gasteiger partial charge in [-0.25, -0.2) is 0 Å². The first kappa shape index (κ1) is 23.3. The van der Waals surface area contributed by atoms with Crippen LogP contribution in [0, 0.1) is 5.92 Å². The summed E-state index contributed by atoms with van der Waals surface area (Å²) in [4.78, 5) is 14.4. The van der Waals surface area contributed by atoms with Crippen molar-refractivity contribution in [2.24, 2.45) is 5.92 Å². The number of para-hydroxylation sites is 1. The lowest BCUT2D eigenvalue weighted by atomic mass is 9.96. The quantitative estimate of drug-likeness (QED) is 0.428. The van der Waals surface area contributed by atoms with Crippen LogP contribution in [0.4, 0.5) is 17.3 Å². The zero-order valence-electron chi connectivity index (χ0n) is 19.1. The fraction of sp³-hybridized carbons (Fsp3) is 0.522. The molecule has 1 amide bonds. The molecular formula is C23H31N5O4S. The number of likely N-dealkylation sites (tertiary alicyclic amines) is 1. The predicted molar refractivity (Wildman–Crippen MR) is 128 cm³/mol. The molecule has 1 saturated heterocycles. The van der Waals surface area contributed by atoms with Crippen LogP contribution in [-0.4, -0.2) is 61.1 Å². The Labute approximate surface area is 197 Å².